The van der Waals surface area contributed by atoms with Crippen molar-refractivity contribution < 1.29 is 13.7 Å². The Bertz CT molecular complexity index is 496. The molecule has 20 heavy (non-hydrogen) atoms. The van der Waals surface area contributed by atoms with Gasteiger partial charge in [-0.2, -0.15) is 0 Å². The number of ether oxygens (including phenoxy) is 2. The van der Waals surface area contributed by atoms with E-state index in [0.717, 1.165) is 23.5 Å². The third kappa shape index (κ3) is 3.73. The molecule has 0 aliphatic carbocycles. The predicted octanol–water partition coefficient (Wildman–Crippen LogP) is 2.39. The molecule has 1 aliphatic rings. The third-order valence-corrected chi connectivity index (χ3v) is 5.24. The van der Waals surface area contributed by atoms with Crippen molar-refractivity contribution in [3.63, 3.8) is 0 Å². The summed E-state index contributed by atoms with van der Waals surface area (Å²) in [5, 5.41) is 0. The summed E-state index contributed by atoms with van der Waals surface area (Å²) in [5.74, 6) is 1.94. The topological polar surface area (TPSA) is 61.6 Å². The molecule has 0 fully saturated rings. The highest BCUT2D eigenvalue weighted by Crippen LogP contribution is 2.32. The SMILES string of the molecule is CC(C)(C)S(=O)CC(N)c1ccc2c(c1)OCCCO2. The van der Waals surface area contributed by atoms with Crippen molar-refractivity contribution in [2.45, 2.75) is 38.0 Å². The second kappa shape index (κ2) is 6.14. The van der Waals surface area contributed by atoms with Gasteiger partial charge >= 0.3 is 0 Å². The Labute approximate surface area is 123 Å². The number of rotatable bonds is 3. The summed E-state index contributed by atoms with van der Waals surface area (Å²) >= 11 is 0. The van der Waals surface area contributed by atoms with Crippen LogP contribution in [0.15, 0.2) is 18.2 Å². The molecule has 2 rings (SSSR count). The van der Waals surface area contributed by atoms with E-state index in [9.17, 15) is 4.21 Å². The van der Waals surface area contributed by atoms with Gasteiger partial charge < -0.3 is 15.2 Å². The van der Waals surface area contributed by atoms with Crippen LogP contribution in [-0.2, 0) is 10.8 Å². The predicted molar refractivity (Wildman–Crippen MR) is 81.7 cm³/mol. The zero-order valence-corrected chi connectivity index (χ0v) is 13.2. The molecule has 5 heteroatoms. The summed E-state index contributed by atoms with van der Waals surface area (Å²) in [7, 11) is -0.970. The molecular formula is C15H23NO3S. The smallest absolute Gasteiger partial charge is 0.161 e. The van der Waals surface area contributed by atoms with E-state index >= 15 is 0 Å². The molecule has 1 heterocycles. The first-order chi connectivity index (χ1) is 9.38. The molecule has 1 aliphatic heterocycles. The molecule has 0 saturated carbocycles. The van der Waals surface area contributed by atoms with Crippen LogP contribution in [-0.4, -0.2) is 27.9 Å². The lowest BCUT2D eigenvalue weighted by Crippen LogP contribution is -2.29. The van der Waals surface area contributed by atoms with Crippen LogP contribution >= 0.6 is 0 Å². The van der Waals surface area contributed by atoms with Crippen molar-refractivity contribution in [3.05, 3.63) is 23.8 Å². The van der Waals surface area contributed by atoms with Crippen LogP contribution in [0.25, 0.3) is 0 Å². The molecule has 1 aromatic carbocycles. The lowest BCUT2D eigenvalue weighted by molar-refractivity contribution is 0.297. The molecule has 1 aromatic rings. The first-order valence-corrected chi connectivity index (χ1v) is 8.23. The lowest BCUT2D eigenvalue weighted by Gasteiger charge is -2.21. The van der Waals surface area contributed by atoms with Crippen LogP contribution in [0, 0.1) is 0 Å². The Morgan fingerprint density at radius 3 is 2.55 bits per heavy atom. The average molecular weight is 297 g/mol. The first kappa shape index (κ1) is 15.3. The Morgan fingerprint density at radius 1 is 1.25 bits per heavy atom. The summed E-state index contributed by atoms with van der Waals surface area (Å²) in [4.78, 5) is 0. The van der Waals surface area contributed by atoms with Crippen molar-refractivity contribution in [3.8, 4) is 11.5 Å². The van der Waals surface area contributed by atoms with Gasteiger partial charge in [0.15, 0.2) is 11.5 Å². The highest BCUT2D eigenvalue weighted by atomic mass is 32.2. The Morgan fingerprint density at radius 2 is 1.90 bits per heavy atom. The minimum absolute atomic E-state index is 0.247. The average Bonchev–Trinajstić information content (AvgIpc) is 2.61. The highest BCUT2D eigenvalue weighted by Gasteiger charge is 2.23. The maximum absolute atomic E-state index is 12.2. The molecule has 2 atom stereocenters. The third-order valence-electron chi connectivity index (χ3n) is 3.21. The second-order valence-corrected chi connectivity index (χ2v) is 8.24. The van der Waals surface area contributed by atoms with Gasteiger partial charge in [0.25, 0.3) is 0 Å². The van der Waals surface area contributed by atoms with Crippen LogP contribution in [0.3, 0.4) is 0 Å². The number of hydrogen-bond acceptors (Lipinski definition) is 4. The monoisotopic (exact) mass is 297 g/mol. The molecule has 0 spiro atoms. The van der Waals surface area contributed by atoms with E-state index in [-0.39, 0.29) is 10.8 Å². The molecule has 0 saturated heterocycles. The molecule has 2 unspecified atom stereocenters. The van der Waals surface area contributed by atoms with E-state index in [2.05, 4.69) is 0 Å². The molecule has 0 radical (unpaired) electrons. The largest absolute Gasteiger partial charge is 0.490 e. The zero-order valence-electron chi connectivity index (χ0n) is 12.3. The van der Waals surface area contributed by atoms with Crippen molar-refractivity contribution in [1.82, 2.24) is 0 Å². The maximum Gasteiger partial charge on any atom is 0.161 e. The molecule has 112 valence electrons. The second-order valence-electron chi connectivity index (χ2n) is 5.99. The fraction of sp³-hybridized carbons (Fsp3) is 0.600. The first-order valence-electron chi connectivity index (χ1n) is 6.91. The van der Waals surface area contributed by atoms with Gasteiger partial charge in [-0.05, 0) is 38.5 Å². The van der Waals surface area contributed by atoms with Crippen LogP contribution in [0.5, 0.6) is 11.5 Å². The number of hydrogen-bond donors (Lipinski definition) is 1. The maximum atomic E-state index is 12.2. The Kier molecular flexibility index (Phi) is 4.70. The number of fused-ring (bicyclic) bond motifs is 1. The minimum atomic E-state index is -0.970. The lowest BCUT2D eigenvalue weighted by atomic mass is 10.1. The van der Waals surface area contributed by atoms with E-state index in [1.54, 1.807) is 0 Å². The van der Waals surface area contributed by atoms with E-state index in [1.807, 2.05) is 39.0 Å². The van der Waals surface area contributed by atoms with Gasteiger partial charge in [-0.15, -0.1) is 0 Å². The van der Waals surface area contributed by atoms with Crippen molar-refractivity contribution >= 4 is 10.8 Å². The molecule has 0 bridgehead atoms. The van der Waals surface area contributed by atoms with Gasteiger partial charge in [-0.1, -0.05) is 6.07 Å². The summed E-state index contributed by atoms with van der Waals surface area (Å²) in [6.45, 7) is 7.21. The van der Waals surface area contributed by atoms with Gasteiger partial charge in [-0.3, -0.25) is 4.21 Å². The van der Waals surface area contributed by atoms with E-state index in [1.165, 1.54) is 0 Å². The number of nitrogens with two attached hydrogens (primary N) is 1. The van der Waals surface area contributed by atoms with Crippen molar-refractivity contribution in [2.24, 2.45) is 5.73 Å². The van der Waals surface area contributed by atoms with Crippen molar-refractivity contribution in [1.29, 1.82) is 0 Å². The zero-order chi connectivity index (χ0) is 14.8. The van der Waals surface area contributed by atoms with E-state index in [4.69, 9.17) is 15.2 Å². The summed E-state index contributed by atoms with van der Waals surface area (Å²) in [6, 6.07) is 5.46. The van der Waals surface area contributed by atoms with Crippen LogP contribution in [0.2, 0.25) is 0 Å². The fourth-order valence-corrected chi connectivity index (χ4v) is 2.94. The number of benzene rings is 1. The summed E-state index contributed by atoms with van der Waals surface area (Å²) in [5.41, 5.74) is 7.11. The molecule has 0 aromatic heterocycles. The van der Waals surface area contributed by atoms with Gasteiger partial charge in [0.1, 0.15) is 0 Å². The Balaban J connectivity index is 2.13. The van der Waals surface area contributed by atoms with E-state index in [0.29, 0.717) is 19.0 Å². The van der Waals surface area contributed by atoms with Crippen molar-refractivity contribution in [2.75, 3.05) is 19.0 Å². The van der Waals surface area contributed by atoms with Gasteiger partial charge in [0, 0.05) is 33.8 Å². The molecule has 2 N–H and O–H groups in total. The quantitative estimate of drug-likeness (QED) is 0.930. The van der Waals surface area contributed by atoms with Gasteiger partial charge in [-0.25, -0.2) is 0 Å². The fourth-order valence-electron chi connectivity index (χ4n) is 1.92. The van der Waals surface area contributed by atoms with Crippen LogP contribution in [0.4, 0.5) is 0 Å². The molecular weight excluding hydrogens is 274 g/mol. The molecule has 0 amide bonds. The standard InChI is InChI=1S/C15H23NO3S/c1-15(2,3)20(17)10-12(16)11-5-6-13-14(9-11)19-8-4-7-18-13/h5-6,9,12H,4,7-8,10,16H2,1-3H3. The van der Waals surface area contributed by atoms with Crippen LogP contribution in [0.1, 0.15) is 38.8 Å². The molecule has 4 nitrogen and oxygen atoms in total. The Hall–Kier alpha value is -1.07. The van der Waals surface area contributed by atoms with Gasteiger partial charge in [0.05, 0.1) is 13.2 Å². The van der Waals surface area contributed by atoms with Gasteiger partial charge in [0.2, 0.25) is 0 Å². The highest BCUT2D eigenvalue weighted by molar-refractivity contribution is 7.86. The normalized spacial score (nSPS) is 18.2. The van der Waals surface area contributed by atoms with Crippen LogP contribution < -0.4 is 15.2 Å². The summed E-state index contributed by atoms with van der Waals surface area (Å²) < 4.78 is 23.2. The summed E-state index contributed by atoms with van der Waals surface area (Å²) in [6.07, 6.45) is 0.879. The van der Waals surface area contributed by atoms with E-state index < -0.39 is 10.8 Å². The minimum Gasteiger partial charge on any atom is -0.490 e.